The van der Waals surface area contributed by atoms with E-state index in [1.165, 1.54) is 11.3 Å². The molecule has 0 aliphatic heterocycles. The average molecular weight is 522 g/mol. The lowest BCUT2D eigenvalue weighted by molar-refractivity contribution is -0.118. The fourth-order valence-electron chi connectivity index (χ4n) is 3.65. The van der Waals surface area contributed by atoms with Gasteiger partial charge in [0.25, 0.3) is 0 Å². The normalized spacial score (nSPS) is 12.1. The van der Waals surface area contributed by atoms with Gasteiger partial charge in [0.2, 0.25) is 5.91 Å². The molecule has 1 amide bonds. The van der Waals surface area contributed by atoms with E-state index in [1.807, 2.05) is 19.1 Å². The van der Waals surface area contributed by atoms with Gasteiger partial charge in [-0.2, -0.15) is 0 Å². The van der Waals surface area contributed by atoms with Crippen molar-refractivity contribution in [3.8, 4) is 0 Å². The number of hydrogen-bond donors (Lipinski definition) is 0. The molecule has 0 spiro atoms. The first kappa shape index (κ1) is 26.6. The minimum Gasteiger partial charge on any atom is -0.302 e. The number of likely N-dealkylation sites (N-methyl/N-ethyl adjacent to an activating group) is 1. The standard InChI is InChI=1S/C25H32ClN3O3S2/c1-6-28(7-2)14-15-29(25-27-24-18(5)21(26)12-13-22(24)33-25)23(30)16-19-8-10-20(11-9-19)34(31,32)17(3)4/h8-13,17H,6-7,14-16H2,1-5H3. The summed E-state index contributed by atoms with van der Waals surface area (Å²) >= 11 is 7.77. The van der Waals surface area contributed by atoms with E-state index in [0.717, 1.165) is 41.0 Å². The van der Waals surface area contributed by atoms with E-state index in [9.17, 15) is 13.2 Å². The van der Waals surface area contributed by atoms with Gasteiger partial charge in [0.05, 0.1) is 26.8 Å². The first-order valence-electron chi connectivity index (χ1n) is 11.5. The van der Waals surface area contributed by atoms with E-state index >= 15 is 0 Å². The Bertz CT molecular complexity index is 1250. The van der Waals surface area contributed by atoms with Crippen LogP contribution in [0.4, 0.5) is 5.13 Å². The Balaban J connectivity index is 1.89. The van der Waals surface area contributed by atoms with E-state index in [0.29, 0.717) is 16.7 Å². The number of thiazole rings is 1. The summed E-state index contributed by atoms with van der Waals surface area (Å²) in [7, 11) is -3.35. The van der Waals surface area contributed by atoms with Crippen molar-refractivity contribution in [3.05, 3.63) is 52.5 Å². The molecule has 0 saturated heterocycles. The Kier molecular flexibility index (Phi) is 8.73. The number of nitrogens with zero attached hydrogens (tertiary/aromatic N) is 3. The predicted molar refractivity (Wildman–Crippen MR) is 142 cm³/mol. The van der Waals surface area contributed by atoms with Crippen LogP contribution in [0, 0.1) is 6.92 Å². The number of benzene rings is 2. The van der Waals surface area contributed by atoms with E-state index in [4.69, 9.17) is 16.6 Å². The summed E-state index contributed by atoms with van der Waals surface area (Å²) in [5.41, 5.74) is 2.48. The first-order valence-corrected chi connectivity index (χ1v) is 14.2. The molecule has 0 aliphatic rings. The van der Waals surface area contributed by atoms with Crippen molar-refractivity contribution in [2.45, 2.75) is 51.2 Å². The van der Waals surface area contributed by atoms with Gasteiger partial charge in [-0.3, -0.25) is 9.69 Å². The van der Waals surface area contributed by atoms with Gasteiger partial charge in [-0.1, -0.05) is 48.9 Å². The monoisotopic (exact) mass is 521 g/mol. The topological polar surface area (TPSA) is 70.6 Å². The smallest absolute Gasteiger partial charge is 0.233 e. The lowest BCUT2D eigenvalue weighted by atomic mass is 10.1. The summed E-state index contributed by atoms with van der Waals surface area (Å²) in [6.07, 6.45) is 0.163. The lowest BCUT2D eigenvalue weighted by Gasteiger charge is -2.24. The summed E-state index contributed by atoms with van der Waals surface area (Å²) in [6.45, 7) is 12.5. The molecule has 1 heterocycles. The van der Waals surface area contributed by atoms with Crippen LogP contribution in [0.15, 0.2) is 41.3 Å². The van der Waals surface area contributed by atoms with Crippen molar-refractivity contribution in [2.24, 2.45) is 0 Å². The number of sulfone groups is 1. The highest BCUT2D eigenvalue weighted by molar-refractivity contribution is 7.92. The van der Waals surface area contributed by atoms with Crippen LogP contribution in [0.3, 0.4) is 0 Å². The third kappa shape index (κ3) is 5.79. The number of rotatable bonds is 10. The molecule has 0 radical (unpaired) electrons. The zero-order valence-corrected chi connectivity index (χ0v) is 22.7. The molecule has 3 aromatic rings. The SMILES string of the molecule is CCN(CC)CCN(C(=O)Cc1ccc(S(=O)(=O)C(C)C)cc1)c1nc2c(C)c(Cl)ccc2s1. The number of halogens is 1. The van der Waals surface area contributed by atoms with Gasteiger partial charge < -0.3 is 4.90 Å². The van der Waals surface area contributed by atoms with Gasteiger partial charge in [-0.25, -0.2) is 13.4 Å². The minimum absolute atomic E-state index is 0.0746. The van der Waals surface area contributed by atoms with E-state index < -0.39 is 15.1 Å². The summed E-state index contributed by atoms with van der Waals surface area (Å²) in [4.78, 5) is 22.5. The zero-order valence-electron chi connectivity index (χ0n) is 20.3. The Labute approximate surface area is 211 Å². The number of carbonyl (C=O) groups excluding carboxylic acids is 1. The maximum atomic E-state index is 13.5. The number of hydrogen-bond acceptors (Lipinski definition) is 6. The molecular formula is C25H32ClN3O3S2. The second kappa shape index (κ2) is 11.2. The van der Waals surface area contributed by atoms with Crippen molar-refractivity contribution in [1.82, 2.24) is 9.88 Å². The fraction of sp³-hybridized carbons (Fsp3) is 0.440. The zero-order chi connectivity index (χ0) is 25.0. The molecule has 0 fully saturated rings. The molecule has 34 heavy (non-hydrogen) atoms. The first-order chi connectivity index (χ1) is 16.1. The fourth-order valence-corrected chi connectivity index (χ4v) is 5.93. The molecule has 184 valence electrons. The molecule has 0 bridgehead atoms. The predicted octanol–water partition coefficient (Wildman–Crippen LogP) is 5.36. The molecule has 0 saturated carbocycles. The molecule has 2 aromatic carbocycles. The quantitative estimate of drug-likeness (QED) is 0.359. The maximum absolute atomic E-state index is 13.5. The summed E-state index contributed by atoms with van der Waals surface area (Å²) < 4.78 is 25.8. The van der Waals surface area contributed by atoms with Gasteiger partial charge >= 0.3 is 0 Å². The van der Waals surface area contributed by atoms with Crippen LogP contribution < -0.4 is 4.90 Å². The minimum atomic E-state index is -3.35. The van der Waals surface area contributed by atoms with Crippen molar-refractivity contribution in [1.29, 1.82) is 0 Å². The molecular weight excluding hydrogens is 490 g/mol. The number of amides is 1. The van der Waals surface area contributed by atoms with Gasteiger partial charge in [0.1, 0.15) is 0 Å². The van der Waals surface area contributed by atoms with E-state index in [-0.39, 0.29) is 17.2 Å². The number of aryl methyl sites for hydroxylation is 1. The summed E-state index contributed by atoms with van der Waals surface area (Å²) in [6, 6.07) is 10.4. The van der Waals surface area contributed by atoms with E-state index in [1.54, 1.807) is 43.0 Å². The van der Waals surface area contributed by atoms with Crippen LogP contribution in [0.1, 0.15) is 38.8 Å². The third-order valence-electron chi connectivity index (χ3n) is 6.03. The maximum Gasteiger partial charge on any atom is 0.233 e. The largest absolute Gasteiger partial charge is 0.302 e. The van der Waals surface area contributed by atoms with Gasteiger partial charge in [-0.05, 0) is 69.3 Å². The molecule has 6 nitrogen and oxygen atoms in total. The van der Waals surface area contributed by atoms with Crippen LogP contribution in [-0.2, 0) is 21.1 Å². The Morgan fingerprint density at radius 2 is 1.71 bits per heavy atom. The highest BCUT2D eigenvalue weighted by Crippen LogP contribution is 2.34. The van der Waals surface area contributed by atoms with Gasteiger partial charge in [0, 0.05) is 18.1 Å². The Morgan fingerprint density at radius 3 is 2.29 bits per heavy atom. The molecule has 1 aromatic heterocycles. The second-order valence-electron chi connectivity index (χ2n) is 8.50. The Hall–Kier alpha value is -2.00. The molecule has 0 aliphatic carbocycles. The summed E-state index contributed by atoms with van der Waals surface area (Å²) in [5, 5.41) is 0.810. The third-order valence-corrected chi connectivity index (χ3v) is 9.65. The van der Waals surface area contributed by atoms with Crippen molar-refractivity contribution >= 4 is 54.0 Å². The number of fused-ring (bicyclic) bond motifs is 1. The second-order valence-corrected chi connectivity index (χ2v) is 12.4. The van der Waals surface area contributed by atoms with E-state index in [2.05, 4.69) is 18.7 Å². The molecule has 0 N–H and O–H groups in total. The van der Waals surface area contributed by atoms with Crippen molar-refractivity contribution in [2.75, 3.05) is 31.1 Å². The number of aromatic nitrogens is 1. The number of anilines is 1. The van der Waals surface area contributed by atoms with Gasteiger partial charge in [-0.15, -0.1) is 0 Å². The van der Waals surface area contributed by atoms with Crippen molar-refractivity contribution in [3.63, 3.8) is 0 Å². The highest BCUT2D eigenvalue weighted by atomic mass is 35.5. The molecule has 9 heteroatoms. The molecule has 3 rings (SSSR count). The van der Waals surface area contributed by atoms with Gasteiger partial charge in [0.15, 0.2) is 15.0 Å². The molecule has 0 unspecified atom stereocenters. The van der Waals surface area contributed by atoms with Crippen LogP contribution in [0.2, 0.25) is 5.02 Å². The van der Waals surface area contributed by atoms with Crippen LogP contribution in [0.5, 0.6) is 0 Å². The Morgan fingerprint density at radius 1 is 1.06 bits per heavy atom. The molecule has 0 atom stereocenters. The lowest BCUT2D eigenvalue weighted by Crippen LogP contribution is -2.39. The van der Waals surface area contributed by atoms with Crippen LogP contribution in [-0.4, -0.2) is 55.6 Å². The van der Waals surface area contributed by atoms with Crippen molar-refractivity contribution < 1.29 is 13.2 Å². The van der Waals surface area contributed by atoms with Crippen LogP contribution in [0.25, 0.3) is 10.2 Å². The number of carbonyl (C=O) groups is 1. The van der Waals surface area contributed by atoms with Crippen LogP contribution >= 0.6 is 22.9 Å². The average Bonchev–Trinajstić information content (AvgIpc) is 3.24. The summed E-state index contributed by atoms with van der Waals surface area (Å²) in [5.74, 6) is -0.0746. The highest BCUT2D eigenvalue weighted by Gasteiger charge is 2.23.